The highest BCUT2D eigenvalue weighted by atomic mass is 79.9. The molecular formula is C15H22Br2N2. The van der Waals surface area contributed by atoms with Crippen LogP contribution in [0.5, 0.6) is 0 Å². The Morgan fingerprint density at radius 1 is 1.21 bits per heavy atom. The molecule has 0 bridgehead atoms. The van der Waals surface area contributed by atoms with Gasteiger partial charge in [0.25, 0.3) is 0 Å². The van der Waals surface area contributed by atoms with Crippen LogP contribution in [-0.2, 0) is 0 Å². The van der Waals surface area contributed by atoms with Crippen molar-refractivity contribution in [2.45, 2.75) is 44.2 Å². The van der Waals surface area contributed by atoms with Gasteiger partial charge in [0.15, 0.2) is 0 Å². The van der Waals surface area contributed by atoms with E-state index in [4.69, 9.17) is 5.73 Å². The second-order valence-electron chi connectivity index (χ2n) is 5.38. The largest absolute Gasteiger partial charge is 0.329 e. The van der Waals surface area contributed by atoms with Crippen molar-refractivity contribution >= 4 is 31.9 Å². The van der Waals surface area contributed by atoms with Crippen molar-refractivity contribution < 1.29 is 0 Å². The molecule has 0 radical (unpaired) electrons. The lowest BCUT2D eigenvalue weighted by molar-refractivity contribution is 0.140. The molecule has 1 unspecified atom stereocenters. The van der Waals surface area contributed by atoms with Crippen molar-refractivity contribution in [3.63, 3.8) is 0 Å². The van der Waals surface area contributed by atoms with Crippen molar-refractivity contribution in [2.75, 3.05) is 13.6 Å². The first-order chi connectivity index (χ1) is 9.13. The van der Waals surface area contributed by atoms with Crippen molar-refractivity contribution in [1.29, 1.82) is 0 Å². The van der Waals surface area contributed by atoms with Gasteiger partial charge in [-0.15, -0.1) is 0 Å². The molecule has 0 heterocycles. The molecule has 2 rings (SSSR count). The molecule has 0 saturated heterocycles. The Kier molecular flexibility index (Phi) is 5.87. The zero-order valence-electron chi connectivity index (χ0n) is 11.4. The van der Waals surface area contributed by atoms with Gasteiger partial charge in [-0.1, -0.05) is 25.3 Å². The number of hydrogen-bond donors (Lipinski definition) is 1. The van der Waals surface area contributed by atoms with Crippen molar-refractivity contribution in [3.05, 3.63) is 32.7 Å². The van der Waals surface area contributed by atoms with E-state index in [2.05, 4.69) is 62.0 Å². The van der Waals surface area contributed by atoms with E-state index in [1.54, 1.807) is 0 Å². The third-order valence-electron chi connectivity index (χ3n) is 4.19. The highest BCUT2D eigenvalue weighted by molar-refractivity contribution is 9.13. The van der Waals surface area contributed by atoms with E-state index in [1.165, 1.54) is 37.7 Å². The van der Waals surface area contributed by atoms with Crippen LogP contribution in [0.1, 0.15) is 43.7 Å². The summed E-state index contributed by atoms with van der Waals surface area (Å²) in [5, 5.41) is 0. The summed E-state index contributed by atoms with van der Waals surface area (Å²) in [6, 6.07) is 7.45. The molecule has 4 heteroatoms. The quantitative estimate of drug-likeness (QED) is 0.822. The van der Waals surface area contributed by atoms with E-state index in [1.807, 2.05) is 0 Å². The van der Waals surface area contributed by atoms with Gasteiger partial charge in [0.05, 0.1) is 0 Å². The lowest BCUT2D eigenvalue weighted by Gasteiger charge is -2.37. The van der Waals surface area contributed by atoms with Gasteiger partial charge in [0.2, 0.25) is 0 Å². The van der Waals surface area contributed by atoms with Gasteiger partial charge in [-0.3, -0.25) is 4.90 Å². The summed E-state index contributed by atoms with van der Waals surface area (Å²) in [5.74, 6) is 0. The Balaban J connectivity index is 2.15. The van der Waals surface area contributed by atoms with Crippen LogP contribution in [0.3, 0.4) is 0 Å². The fourth-order valence-corrected chi connectivity index (χ4v) is 3.64. The lowest BCUT2D eigenvalue weighted by Crippen LogP contribution is -2.39. The summed E-state index contributed by atoms with van der Waals surface area (Å²) in [6.45, 7) is 0.668. The molecule has 0 amide bonds. The fourth-order valence-electron chi connectivity index (χ4n) is 3.00. The van der Waals surface area contributed by atoms with Crippen LogP contribution >= 0.6 is 31.9 Å². The zero-order chi connectivity index (χ0) is 13.8. The van der Waals surface area contributed by atoms with Crippen LogP contribution in [0.4, 0.5) is 0 Å². The number of halogens is 2. The van der Waals surface area contributed by atoms with Crippen LogP contribution in [0.2, 0.25) is 0 Å². The minimum Gasteiger partial charge on any atom is -0.329 e. The Labute approximate surface area is 133 Å². The predicted octanol–water partition coefficient (Wildman–Crippen LogP) is 4.48. The van der Waals surface area contributed by atoms with Crippen molar-refractivity contribution in [1.82, 2.24) is 4.90 Å². The molecule has 0 spiro atoms. The average Bonchev–Trinajstić information content (AvgIpc) is 2.44. The molecule has 2 N–H and O–H groups in total. The highest BCUT2D eigenvalue weighted by Gasteiger charge is 2.25. The molecule has 1 aliphatic carbocycles. The number of likely N-dealkylation sites (N-methyl/N-ethyl adjacent to an activating group) is 1. The predicted molar refractivity (Wildman–Crippen MR) is 88.3 cm³/mol. The van der Waals surface area contributed by atoms with Crippen LogP contribution in [0, 0.1) is 0 Å². The minimum atomic E-state index is 0.312. The molecular weight excluding hydrogens is 368 g/mol. The summed E-state index contributed by atoms with van der Waals surface area (Å²) >= 11 is 7.10. The maximum Gasteiger partial charge on any atom is 0.0470 e. The highest BCUT2D eigenvalue weighted by Crippen LogP contribution is 2.31. The smallest absolute Gasteiger partial charge is 0.0470 e. The second-order valence-corrected chi connectivity index (χ2v) is 7.09. The molecule has 1 saturated carbocycles. The Bertz CT molecular complexity index is 417. The monoisotopic (exact) mass is 388 g/mol. The minimum absolute atomic E-state index is 0.312. The Morgan fingerprint density at radius 2 is 1.89 bits per heavy atom. The van der Waals surface area contributed by atoms with E-state index in [0.717, 1.165) is 8.95 Å². The van der Waals surface area contributed by atoms with E-state index in [0.29, 0.717) is 18.6 Å². The number of rotatable bonds is 4. The SMILES string of the molecule is CN(C1CCCCC1)C(CN)c1ccc(Br)c(Br)c1. The van der Waals surface area contributed by atoms with E-state index in [9.17, 15) is 0 Å². The number of nitrogens with two attached hydrogens (primary N) is 1. The molecule has 1 atom stereocenters. The maximum absolute atomic E-state index is 6.03. The summed E-state index contributed by atoms with van der Waals surface area (Å²) in [4.78, 5) is 2.48. The zero-order valence-corrected chi connectivity index (χ0v) is 14.6. The third-order valence-corrected chi connectivity index (χ3v) is 6.07. The molecule has 0 aromatic heterocycles. The molecule has 1 aromatic carbocycles. The fraction of sp³-hybridized carbons (Fsp3) is 0.600. The molecule has 1 fully saturated rings. The van der Waals surface area contributed by atoms with Crippen LogP contribution in [-0.4, -0.2) is 24.5 Å². The standard InChI is InChI=1S/C15H22Br2N2/c1-19(12-5-3-2-4-6-12)15(10-18)11-7-8-13(16)14(17)9-11/h7-9,12,15H,2-6,10,18H2,1H3. The first-order valence-electron chi connectivity index (χ1n) is 7.00. The van der Waals surface area contributed by atoms with E-state index < -0.39 is 0 Å². The second kappa shape index (κ2) is 7.21. The van der Waals surface area contributed by atoms with Crippen LogP contribution in [0.15, 0.2) is 27.1 Å². The average molecular weight is 390 g/mol. The Morgan fingerprint density at radius 3 is 2.47 bits per heavy atom. The summed E-state index contributed by atoms with van der Waals surface area (Å²) in [6.07, 6.45) is 6.73. The van der Waals surface area contributed by atoms with E-state index in [-0.39, 0.29) is 0 Å². The van der Waals surface area contributed by atoms with Crippen molar-refractivity contribution in [2.24, 2.45) is 5.73 Å². The molecule has 19 heavy (non-hydrogen) atoms. The first-order valence-corrected chi connectivity index (χ1v) is 8.59. The first kappa shape index (κ1) is 15.5. The van der Waals surface area contributed by atoms with E-state index >= 15 is 0 Å². The number of hydrogen-bond acceptors (Lipinski definition) is 2. The topological polar surface area (TPSA) is 29.3 Å². The van der Waals surface area contributed by atoms with Gasteiger partial charge in [0, 0.05) is 27.6 Å². The van der Waals surface area contributed by atoms with Gasteiger partial charge >= 0.3 is 0 Å². The number of benzene rings is 1. The van der Waals surface area contributed by atoms with Gasteiger partial charge in [-0.2, -0.15) is 0 Å². The molecule has 2 nitrogen and oxygen atoms in total. The summed E-state index contributed by atoms with van der Waals surface area (Å²) in [7, 11) is 2.23. The molecule has 0 aliphatic heterocycles. The van der Waals surface area contributed by atoms with Gasteiger partial charge in [-0.25, -0.2) is 0 Å². The molecule has 1 aromatic rings. The normalized spacial score (nSPS) is 18.8. The lowest BCUT2D eigenvalue weighted by atomic mass is 9.92. The van der Waals surface area contributed by atoms with Gasteiger partial charge in [0.1, 0.15) is 0 Å². The van der Waals surface area contributed by atoms with Crippen LogP contribution < -0.4 is 5.73 Å². The third kappa shape index (κ3) is 3.81. The van der Waals surface area contributed by atoms with Crippen molar-refractivity contribution in [3.8, 4) is 0 Å². The summed E-state index contributed by atoms with van der Waals surface area (Å²) in [5.41, 5.74) is 7.33. The Hall–Kier alpha value is 0.1000. The van der Waals surface area contributed by atoms with Gasteiger partial charge < -0.3 is 5.73 Å². The maximum atomic E-state index is 6.03. The molecule has 1 aliphatic rings. The number of nitrogens with zero attached hydrogens (tertiary/aromatic N) is 1. The summed E-state index contributed by atoms with van der Waals surface area (Å²) < 4.78 is 2.19. The van der Waals surface area contributed by atoms with Crippen LogP contribution in [0.25, 0.3) is 0 Å². The van der Waals surface area contributed by atoms with Gasteiger partial charge in [-0.05, 0) is 69.4 Å². The molecule has 106 valence electrons.